The molecular formula is C23H19NO2. The summed E-state index contributed by atoms with van der Waals surface area (Å²) in [6.07, 6.45) is 5.63. The minimum absolute atomic E-state index is 0.00748. The van der Waals surface area contributed by atoms with Gasteiger partial charge in [0.05, 0.1) is 17.5 Å². The highest BCUT2D eigenvalue weighted by atomic mass is 16.2. The Morgan fingerprint density at radius 2 is 1.31 bits per heavy atom. The second-order valence-electron chi connectivity index (χ2n) is 8.05. The summed E-state index contributed by atoms with van der Waals surface area (Å²) in [6.45, 7) is 0. The van der Waals surface area contributed by atoms with Crippen molar-refractivity contribution in [2.45, 2.75) is 6.42 Å². The van der Waals surface area contributed by atoms with Gasteiger partial charge in [0, 0.05) is 5.56 Å². The lowest BCUT2D eigenvalue weighted by atomic mass is 9.63. The fraction of sp³-hybridized carbons (Fsp3) is 0.304. The van der Waals surface area contributed by atoms with E-state index in [4.69, 9.17) is 0 Å². The zero-order valence-corrected chi connectivity index (χ0v) is 14.3. The highest BCUT2D eigenvalue weighted by molar-refractivity contribution is 6.24. The molecule has 0 radical (unpaired) electrons. The Morgan fingerprint density at radius 3 is 1.96 bits per heavy atom. The van der Waals surface area contributed by atoms with Crippen LogP contribution in [-0.2, 0) is 9.59 Å². The van der Waals surface area contributed by atoms with Crippen LogP contribution in [0.5, 0.6) is 0 Å². The molecule has 1 saturated heterocycles. The van der Waals surface area contributed by atoms with Crippen LogP contribution in [0.1, 0.15) is 6.42 Å². The van der Waals surface area contributed by atoms with E-state index in [1.54, 1.807) is 0 Å². The number of amides is 2. The highest BCUT2D eigenvalue weighted by Crippen LogP contribution is 2.65. The predicted molar refractivity (Wildman–Crippen MR) is 99.1 cm³/mol. The third kappa shape index (κ3) is 1.73. The van der Waals surface area contributed by atoms with Gasteiger partial charge in [0.15, 0.2) is 0 Å². The van der Waals surface area contributed by atoms with Crippen molar-refractivity contribution in [3.63, 3.8) is 0 Å². The Bertz CT molecular complexity index is 927. The van der Waals surface area contributed by atoms with E-state index in [-0.39, 0.29) is 35.5 Å². The molecule has 2 aromatic carbocycles. The summed E-state index contributed by atoms with van der Waals surface area (Å²) in [6, 6.07) is 17.8. The van der Waals surface area contributed by atoms with Crippen LogP contribution in [0.2, 0.25) is 0 Å². The van der Waals surface area contributed by atoms with E-state index in [0.717, 1.165) is 16.8 Å². The van der Waals surface area contributed by atoms with Crippen LogP contribution in [0.3, 0.4) is 0 Å². The van der Waals surface area contributed by atoms with Crippen molar-refractivity contribution in [1.29, 1.82) is 0 Å². The van der Waals surface area contributed by atoms with Gasteiger partial charge in [-0.05, 0) is 41.7 Å². The van der Waals surface area contributed by atoms with Crippen molar-refractivity contribution < 1.29 is 9.59 Å². The van der Waals surface area contributed by atoms with Crippen LogP contribution in [0.4, 0.5) is 5.69 Å². The number of nitrogens with zero attached hydrogens (tertiary/aromatic N) is 1. The van der Waals surface area contributed by atoms with Gasteiger partial charge in [0.1, 0.15) is 0 Å². The number of allylic oxidation sites excluding steroid dienone is 2. The van der Waals surface area contributed by atoms with Crippen LogP contribution >= 0.6 is 0 Å². The average molecular weight is 341 g/mol. The summed E-state index contributed by atoms with van der Waals surface area (Å²) in [5.41, 5.74) is 2.71. The van der Waals surface area contributed by atoms with Crippen molar-refractivity contribution in [1.82, 2.24) is 0 Å². The van der Waals surface area contributed by atoms with Crippen LogP contribution in [0.15, 0.2) is 66.7 Å². The zero-order valence-electron chi connectivity index (χ0n) is 14.3. The molecule has 7 rings (SSSR count). The number of benzene rings is 2. The topological polar surface area (TPSA) is 37.4 Å². The van der Waals surface area contributed by atoms with Gasteiger partial charge in [-0.15, -0.1) is 0 Å². The monoisotopic (exact) mass is 341 g/mol. The summed E-state index contributed by atoms with van der Waals surface area (Å²) in [5.74, 6) is 1.51. The van der Waals surface area contributed by atoms with Gasteiger partial charge in [-0.2, -0.15) is 0 Å². The molecule has 6 atom stereocenters. The molecule has 5 aliphatic rings. The second-order valence-corrected chi connectivity index (χ2v) is 8.05. The Kier molecular flexibility index (Phi) is 2.75. The van der Waals surface area contributed by atoms with Gasteiger partial charge in [0.2, 0.25) is 11.8 Å². The maximum absolute atomic E-state index is 13.4. The van der Waals surface area contributed by atoms with Gasteiger partial charge in [0.25, 0.3) is 0 Å². The second kappa shape index (κ2) is 4.94. The van der Waals surface area contributed by atoms with Crippen molar-refractivity contribution in [2.24, 2.45) is 35.5 Å². The lowest BCUT2D eigenvalue weighted by molar-refractivity contribution is -0.124. The fourth-order valence-electron chi connectivity index (χ4n) is 5.72. The van der Waals surface area contributed by atoms with Gasteiger partial charge >= 0.3 is 0 Å². The first-order chi connectivity index (χ1) is 12.8. The number of carbonyl (C=O) groups excluding carboxylic acids is 2. The van der Waals surface area contributed by atoms with Crippen molar-refractivity contribution >= 4 is 17.5 Å². The molecule has 2 amide bonds. The van der Waals surface area contributed by atoms with E-state index in [1.165, 1.54) is 11.3 Å². The summed E-state index contributed by atoms with van der Waals surface area (Å²) >= 11 is 0. The molecule has 0 N–H and O–H groups in total. The van der Waals surface area contributed by atoms with Crippen molar-refractivity contribution in [3.8, 4) is 11.1 Å². The Morgan fingerprint density at radius 1 is 0.731 bits per heavy atom. The van der Waals surface area contributed by atoms with E-state index in [1.807, 2.05) is 54.6 Å². The SMILES string of the molecule is O=C1[C@@H]2[C@@H]3C=C[C@H]([C@@H]4C[C@H]34)[C@H]2C(=O)N1c1ccccc1-c1ccccc1. The molecule has 26 heavy (non-hydrogen) atoms. The van der Waals surface area contributed by atoms with E-state index in [2.05, 4.69) is 12.2 Å². The average Bonchev–Trinajstić information content (AvgIpc) is 3.47. The summed E-state index contributed by atoms with van der Waals surface area (Å²) in [4.78, 5) is 28.2. The maximum atomic E-state index is 13.4. The number of imide groups is 1. The van der Waals surface area contributed by atoms with Gasteiger partial charge in [-0.1, -0.05) is 60.7 Å². The molecule has 4 aliphatic carbocycles. The minimum Gasteiger partial charge on any atom is -0.274 e. The molecule has 1 heterocycles. The first-order valence-corrected chi connectivity index (χ1v) is 9.46. The number of hydrogen-bond donors (Lipinski definition) is 0. The van der Waals surface area contributed by atoms with Crippen molar-refractivity contribution in [3.05, 3.63) is 66.7 Å². The van der Waals surface area contributed by atoms with Gasteiger partial charge < -0.3 is 0 Å². The largest absolute Gasteiger partial charge is 0.274 e. The van der Waals surface area contributed by atoms with E-state index >= 15 is 0 Å². The Hall–Kier alpha value is -2.68. The Labute approximate surface area is 152 Å². The zero-order chi connectivity index (χ0) is 17.4. The normalized spacial score (nSPS) is 36.2. The lowest BCUT2D eigenvalue weighted by Gasteiger charge is -2.37. The molecule has 2 saturated carbocycles. The molecule has 0 spiro atoms. The highest BCUT2D eigenvalue weighted by Gasteiger charge is 2.67. The molecule has 0 unspecified atom stereocenters. The maximum Gasteiger partial charge on any atom is 0.238 e. The predicted octanol–water partition coefficient (Wildman–Crippen LogP) is 3.91. The van der Waals surface area contributed by atoms with Crippen LogP contribution < -0.4 is 4.90 Å². The summed E-state index contributed by atoms with van der Waals surface area (Å²) in [7, 11) is 0. The van der Waals surface area contributed by atoms with Gasteiger partial charge in [-0.3, -0.25) is 9.59 Å². The minimum atomic E-state index is -0.148. The molecule has 2 aromatic rings. The number of anilines is 1. The van der Waals surface area contributed by atoms with E-state index < -0.39 is 0 Å². The quantitative estimate of drug-likeness (QED) is 0.613. The lowest BCUT2D eigenvalue weighted by Crippen LogP contribution is -2.40. The molecule has 3 nitrogen and oxygen atoms in total. The third-order valence-electron chi connectivity index (χ3n) is 6.89. The van der Waals surface area contributed by atoms with Crippen LogP contribution in [-0.4, -0.2) is 11.8 Å². The molecule has 3 heteroatoms. The van der Waals surface area contributed by atoms with Crippen LogP contribution in [0, 0.1) is 35.5 Å². The first kappa shape index (κ1) is 14.5. The van der Waals surface area contributed by atoms with Crippen molar-refractivity contribution in [2.75, 3.05) is 4.90 Å². The number of hydrogen-bond acceptors (Lipinski definition) is 2. The van der Waals surface area contributed by atoms with Gasteiger partial charge in [-0.25, -0.2) is 4.90 Å². The number of para-hydroxylation sites is 1. The standard InChI is InChI=1S/C23H19NO2/c25-22-20-15-10-11-16(18-12-17(15)18)21(20)23(26)24(22)19-9-5-4-8-14(19)13-6-2-1-3-7-13/h1-11,15-18,20-21H,12H2/t15-,16-,17-,18+,20-,21-/m1/s1. The smallest absolute Gasteiger partial charge is 0.238 e. The first-order valence-electron chi connectivity index (χ1n) is 9.46. The molecular weight excluding hydrogens is 322 g/mol. The van der Waals surface area contributed by atoms with E-state index in [9.17, 15) is 9.59 Å². The van der Waals surface area contributed by atoms with Crippen LogP contribution in [0.25, 0.3) is 11.1 Å². The number of rotatable bonds is 2. The summed E-state index contributed by atoms with van der Waals surface area (Å²) < 4.78 is 0. The molecule has 1 aliphatic heterocycles. The third-order valence-corrected chi connectivity index (χ3v) is 6.89. The molecule has 128 valence electrons. The molecule has 0 aromatic heterocycles. The molecule has 3 fully saturated rings. The molecule has 2 bridgehead atoms. The fourth-order valence-corrected chi connectivity index (χ4v) is 5.72. The number of carbonyl (C=O) groups is 2. The van der Waals surface area contributed by atoms with E-state index in [0.29, 0.717) is 11.8 Å². The Balaban J connectivity index is 1.47. The summed E-state index contributed by atoms with van der Waals surface area (Å²) in [5, 5.41) is 0.